The lowest BCUT2D eigenvalue weighted by molar-refractivity contribution is -0.120. The molecule has 1 aromatic carbocycles. The fourth-order valence-electron chi connectivity index (χ4n) is 2.02. The average molecular weight is 286 g/mol. The Labute approximate surface area is 123 Å². The first kappa shape index (κ1) is 13.3. The van der Waals surface area contributed by atoms with Crippen molar-refractivity contribution >= 4 is 17.2 Å². The van der Waals surface area contributed by atoms with E-state index in [1.54, 1.807) is 11.3 Å². The summed E-state index contributed by atoms with van der Waals surface area (Å²) in [5.74, 6) is 0.801. The Bertz CT molecular complexity index is 599. The van der Waals surface area contributed by atoms with Gasteiger partial charge in [-0.15, -0.1) is 11.3 Å². The summed E-state index contributed by atoms with van der Waals surface area (Å²) in [5.41, 5.74) is 3.22. The van der Waals surface area contributed by atoms with Gasteiger partial charge in [0.15, 0.2) is 0 Å². The molecule has 20 heavy (non-hydrogen) atoms. The summed E-state index contributed by atoms with van der Waals surface area (Å²) in [6.45, 7) is 2.90. The number of nitrogens with one attached hydrogen (secondary N) is 1. The third kappa shape index (κ3) is 3.45. The van der Waals surface area contributed by atoms with Crippen LogP contribution in [0.1, 0.15) is 24.1 Å². The first-order chi connectivity index (χ1) is 9.70. The molecule has 1 aliphatic carbocycles. The molecular formula is C16H18N2OS. The molecule has 0 radical (unpaired) electrons. The molecular weight excluding hydrogens is 268 g/mol. The molecule has 1 fully saturated rings. The van der Waals surface area contributed by atoms with Crippen LogP contribution in [0.3, 0.4) is 0 Å². The minimum Gasteiger partial charge on any atom is -0.355 e. The van der Waals surface area contributed by atoms with Crippen molar-refractivity contribution in [2.75, 3.05) is 6.54 Å². The highest BCUT2D eigenvalue weighted by Gasteiger charge is 2.21. The molecule has 1 saturated carbocycles. The van der Waals surface area contributed by atoms with E-state index >= 15 is 0 Å². The smallest absolute Gasteiger partial charge is 0.226 e. The largest absolute Gasteiger partial charge is 0.355 e. The van der Waals surface area contributed by atoms with E-state index in [1.165, 1.54) is 18.4 Å². The Morgan fingerprint density at radius 2 is 2.10 bits per heavy atom. The van der Waals surface area contributed by atoms with Crippen LogP contribution in [0.25, 0.3) is 10.6 Å². The van der Waals surface area contributed by atoms with Crippen molar-refractivity contribution in [1.82, 2.24) is 10.3 Å². The lowest BCUT2D eigenvalue weighted by Crippen LogP contribution is -2.27. The predicted octanol–water partition coefficient (Wildman–Crippen LogP) is 3.19. The van der Waals surface area contributed by atoms with Crippen LogP contribution in [0.4, 0.5) is 0 Å². The van der Waals surface area contributed by atoms with Crippen molar-refractivity contribution in [3.63, 3.8) is 0 Å². The van der Waals surface area contributed by atoms with E-state index in [9.17, 15) is 4.79 Å². The molecule has 0 bridgehead atoms. The highest BCUT2D eigenvalue weighted by Crippen LogP contribution is 2.27. The maximum absolute atomic E-state index is 11.8. The van der Waals surface area contributed by atoms with E-state index in [-0.39, 0.29) is 5.91 Å². The van der Waals surface area contributed by atoms with Crippen LogP contribution < -0.4 is 5.32 Å². The van der Waals surface area contributed by atoms with Gasteiger partial charge in [-0.3, -0.25) is 4.79 Å². The molecule has 0 saturated heterocycles. The van der Waals surface area contributed by atoms with Crippen LogP contribution >= 0.6 is 11.3 Å². The Hall–Kier alpha value is -1.68. The number of amides is 1. The minimum absolute atomic E-state index is 0.0812. The van der Waals surface area contributed by atoms with Gasteiger partial charge < -0.3 is 5.32 Å². The number of aryl methyl sites for hydroxylation is 1. The molecule has 3 rings (SSSR count). The number of carbonyl (C=O) groups is 1. The summed E-state index contributed by atoms with van der Waals surface area (Å²) in [5, 5.41) is 5.93. The molecule has 1 amide bonds. The molecule has 1 heterocycles. The molecule has 0 aliphatic heterocycles. The van der Waals surface area contributed by atoms with Gasteiger partial charge in [0.25, 0.3) is 0 Å². The van der Waals surface area contributed by atoms with Crippen LogP contribution in [0.15, 0.2) is 29.6 Å². The van der Waals surface area contributed by atoms with Gasteiger partial charge in [-0.25, -0.2) is 4.98 Å². The second-order valence-electron chi connectivity index (χ2n) is 5.43. The number of aromatic nitrogens is 1. The SMILES string of the molecule is Cc1ccc(-c2nc(CC(=O)NCC3CC3)cs2)cc1. The summed E-state index contributed by atoms with van der Waals surface area (Å²) in [6, 6.07) is 8.31. The normalized spacial score (nSPS) is 14.2. The van der Waals surface area contributed by atoms with Gasteiger partial charge in [-0.1, -0.05) is 29.8 Å². The van der Waals surface area contributed by atoms with E-state index in [0.29, 0.717) is 6.42 Å². The lowest BCUT2D eigenvalue weighted by Gasteiger charge is -2.01. The molecule has 0 atom stereocenters. The van der Waals surface area contributed by atoms with E-state index in [2.05, 4.69) is 41.5 Å². The van der Waals surface area contributed by atoms with Crippen LogP contribution in [-0.2, 0) is 11.2 Å². The van der Waals surface area contributed by atoms with Crippen molar-refractivity contribution in [2.45, 2.75) is 26.2 Å². The van der Waals surface area contributed by atoms with Gasteiger partial charge in [-0.05, 0) is 25.7 Å². The van der Waals surface area contributed by atoms with E-state index in [1.807, 2.05) is 5.38 Å². The molecule has 0 spiro atoms. The van der Waals surface area contributed by atoms with E-state index in [0.717, 1.165) is 28.7 Å². The summed E-state index contributed by atoms with van der Waals surface area (Å²) in [7, 11) is 0. The van der Waals surface area contributed by atoms with Gasteiger partial charge >= 0.3 is 0 Å². The zero-order chi connectivity index (χ0) is 13.9. The van der Waals surface area contributed by atoms with Crippen molar-refractivity contribution in [1.29, 1.82) is 0 Å². The number of rotatable bonds is 5. The zero-order valence-corrected chi connectivity index (χ0v) is 12.4. The molecule has 0 unspecified atom stereocenters. The fraction of sp³-hybridized carbons (Fsp3) is 0.375. The van der Waals surface area contributed by atoms with Gasteiger partial charge in [0.2, 0.25) is 5.91 Å². The summed E-state index contributed by atoms with van der Waals surface area (Å²) < 4.78 is 0. The first-order valence-corrected chi connectivity index (χ1v) is 7.87. The topological polar surface area (TPSA) is 42.0 Å². The summed E-state index contributed by atoms with van der Waals surface area (Å²) >= 11 is 1.60. The minimum atomic E-state index is 0.0812. The van der Waals surface area contributed by atoms with Gasteiger partial charge in [0.05, 0.1) is 12.1 Å². The number of benzene rings is 1. The fourth-order valence-corrected chi connectivity index (χ4v) is 2.85. The van der Waals surface area contributed by atoms with Gasteiger partial charge in [-0.2, -0.15) is 0 Å². The Morgan fingerprint density at radius 1 is 1.35 bits per heavy atom. The van der Waals surface area contributed by atoms with Gasteiger partial charge in [0.1, 0.15) is 5.01 Å². The van der Waals surface area contributed by atoms with Crippen molar-refractivity contribution in [3.05, 3.63) is 40.9 Å². The van der Waals surface area contributed by atoms with Crippen molar-refractivity contribution < 1.29 is 4.79 Å². The van der Waals surface area contributed by atoms with E-state index in [4.69, 9.17) is 0 Å². The third-order valence-electron chi connectivity index (χ3n) is 3.48. The molecule has 1 N–H and O–H groups in total. The molecule has 2 aromatic rings. The maximum atomic E-state index is 11.8. The number of hydrogen-bond donors (Lipinski definition) is 1. The third-order valence-corrected chi connectivity index (χ3v) is 4.42. The zero-order valence-electron chi connectivity index (χ0n) is 11.6. The number of thiazole rings is 1. The molecule has 4 heteroatoms. The first-order valence-electron chi connectivity index (χ1n) is 6.99. The van der Waals surface area contributed by atoms with E-state index < -0.39 is 0 Å². The second kappa shape index (κ2) is 5.75. The monoisotopic (exact) mass is 286 g/mol. The molecule has 1 aromatic heterocycles. The summed E-state index contributed by atoms with van der Waals surface area (Å²) in [4.78, 5) is 16.3. The predicted molar refractivity (Wildman–Crippen MR) is 81.7 cm³/mol. The Balaban J connectivity index is 1.60. The highest BCUT2D eigenvalue weighted by molar-refractivity contribution is 7.13. The maximum Gasteiger partial charge on any atom is 0.226 e. The Morgan fingerprint density at radius 3 is 2.80 bits per heavy atom. The lowest BCUT2D eigenvalue weighted by atomic mass is 10.2. The van der Waals surface area contributed by atoms with Crippen LogP contribution in [0.2, 0.25) is 0 Å². The standard InChI is InChI=1S/C16H18N2OS/c1-11-2-6-13(7-3-11)16-18-14(10-20-16)8-15(19)17-9-12-4-5-12/h2-3,6-7,10,12H,4-5,8-9H2,1H3,(H,17,19). The molecule has 104 valence electrons. The van der Waals surface area contributed by atoms with Crippen LogP contribution in [-0.4, -0.2) is 17.4 Å². The highest BCUT2D eigenvalue weighted by atomic mass is 32.1. The van der Waals surface area contributed by atoms with Gasteiger partial charge in [0, 0.05) is 17.5 Å². The van der Waals surface area contributed by atoms with Crippen LogP contribution in [0, 0.1) is 12.8 Å². The number of carbonyl (C=O) groups excluding carboxylic acids is 1. The van der Waals surface area contributed by atoms with Crippen LogP contribution in [0.5, 0.6) is 0 Å². The summed E-state index contributed by atoms with van der Waals surface area (Å²) in [6.07, 6.45) is 2.90. The molecule has 3 nitrogen and oxygen atoms in total. The van der Waals surface area contributed by atoms with Crippen molar-refractivity contribution in [2.24, 2.45) is 5.92 Å². The second-order valence-corrected chi connectivity index (χ2v) is 6.29. The quantitative estimate of drug-likeness (QED) is 0.917. The molecule has 1 aliphatic rings. The number of nitrogens with zero attached hydrogens (tertiary/aromatic N) is 1. The number of hydrogen-bond acceptors (Lipinski definition) is 3. The Kier molecular flexibility index (Phi) is 3.83. The average Bonchev–Trinajstić information content (AvgIpc) is 3.16. The van der Waals surface area contributed by atoms with Crippen molar-refractivity contribution in [3.8, 4) is 10.6 Å².